The summed E-state index contributed by atoms with van der Waals surface area (Å²) in [6, 6.07) is 5.38. The molecule has 2 aliphatic rings. The number of ether oxygens (including phenoxy) is 2. The van der Waals surface area contributed by atoms with E-state index >= 15 is 0 Å². The molecule has 4 rings (SSSR count). The fraction of sp³-hybridized carbons (Fsp3) is 0.389. The minimum absolute atomic E-state index is 0.0564. The highest BCUT2D eigenvalue weighted by Crippen LogP contribution is 2.37. The molecule has 2 amide bonds. The Hall–Kier alpha value is -2.61. The van der Waals surface area contributed by atoms with Crippen molar-refractivity contribution in [2.45, 2.75) is 19.8 Å². The number of nitrogens with zero attached hydrogens (tertiary/aromatic N) is 2. The van der Waals surface area contributed by atoms with Crippen LogP contribution in [-0.2, 0) is 16.0 Å². The van der Waals surface area contributed by atoms with E-state index < -0.39 is 0 Å². The number of fused-ring (bicyclic) bond motifs is 1. The summed E-state index contributed by atoms with van der Waals surface area (Å²) >= 11 is 1.60. The van der Waals surface area contributed by atoms with Crippen LogP contribution in [0.4, 0.5) is 5.69 Å². The summed E-state index contributed by atoms with van der Waals surface area (Å²) in [6.07, 6.45) is 0.915. The first-order valence-corrected chi connectivity index (χ1v) is 9.37. The minimum atomic E-state index is -0.343. The molecular weight excluding hydrogens is 354 g/mol. The zero-order valence-corrected chi connectivity index (χ0v) is 15.2. The van der Waals surface area contributed by atoms with Crippen molar-refractivity contribution >= 4 is 28.8 Å². The second kappa shape index (κ2) is 6.95. The Morgan fingerprint density at radius 2 is 2.23 bits per heavy atom. The molecule has 2 aromatic rings. The van der Waals surface area contributed by atoms with Crippen LogP contribution in [0.3, 0.4) is 0 Å². The molecule has 0 saturated carbocycles. The van der Waals surface area contributed by atoms with E-state index in [4.69, 9.17) is 9.47 Å². The molecule has 2 aliphatic heterocycles. The molecule has 1 aromatic carbocycles. The number of benzene rings is 1. The second-order valence-electron chi connectivity index (χ2n) is 6.34. The van der Waals surface area contributed by atoms with Crippen LogP contribution < -0.4 is 19.7 Å². The van der Waals surface area contributed by atoms with Gasteiger partial charge in [0.15, 0.2) is 11.5 Å². The van der Waals surface area contributed by atoms with Crippen LogP contribution in [-0.4, -0.2) is 36.7 Å². The molecule has 1 atom stereocenters. The third kappa shape index (κ3) is 3.37. The zero-order valence-electron chi connectivity index (χ0n) is 14.4. The summed E-state index contributed by atoms with van der Waals surface area (Å²) in [4.78, 5) is 30.8. The van der Waals surface area contributed by atoms with Crippen LogP contribution in [0.25, 0.3) is 0 Å². The predicted octanol–water partition coefficient (Wildman–Crippen LogP) is 1.89. The van der Waals surface area contributed by atoms with E-state index in [1.54, 1.807) is 28.4 Å². The van der Waals surface area contributed by atoms with Crippen molar-refractivity contribution in [2.24, 2.45) is 5.92 Å². The highest BCUT2D eigenvalue weighted by Gasteiger charge is 2.35. The number of rotatable bonds is 5. The van der Waals surface area contributed by atoms with Gasteiger partial charge in [-0.2, -0.15) is 0 Å². The number of nitrogens with one attached hydrogen (secondary N) is 1. The van der Waals surface area contributed by atoms with Gasteiger partial charge in [0.25, 0.3) is 0 Å². The van der Waals surface area contributed by atoms with Gasteiger partial charge in [-0.1, -0.05) is 0 Å². The average molecular weight is 373 g/mol. The van der Waals surface area contributed by atoms with Crippen LogP contribution in [0.5, 0.6) is 11.5 Å². The summed E-state index contributed by atoms with van der Waals surface area (Å²) in [6.45, 7) is 3.05. The van der Waals surface area contributed by atoms with Gasteiger partial charge < -0.3 is 19.7 Å². The van der Waals surface area contributed by atoms with Gasteiger partial charge in [0, 0.05) is 43.1 Å². The average Bonchev–Trinajstić information content (AvgIpc) is 3.34. The van der Waals surface area contributed by atoms with Crippen LogP contribution in [0.2, 0.25) is 0 Å². The van der Waals surface area contributed by atoms with Gasteiger partial charge in [-0.05, 0) is 19.1 Å². The lowest BCUT2D eigenvalue weighted by Gasteiger charge is -2.17. The lowest BCUT2D eigenvalue weighted by Crippen LogP contribution is -2.34. The van der Waals surface area contributed by atoms with Crippen LogP contribution in [0.15, 0.2) is 23.6 Å². The summed E-state index contributed by atoms with van der Waals surface area (Å²) in [5.74, 6) is 0.812. The number of carbonyl (C=O) groups is 2. The molecule has 3 heterocycles. The molecule has 7 nitrogen and oxygen atoms in total. The maximum absolute atomic E-state index is 12.4. The van der Waals surface area contributed by atoms with Gasteiger partial charge in [0.2, 0.25) is 18.6 Å². The molecule has 26 heavy (non-hydrogen) atoms. The van der Waals surface area contributed by atoms with Gasteiger partial charge in [-0.25, -0.2) is 4.98 Å². The van der Waals surface area contributed by atoms with Gasteiger partial charge in [-0.15, -0.1) is 11.3 Å². The van der Waals surface area contributed by atoms with Gasteiger partial charge in [0.1, 0.15) is 0 Å². The van der Waals surface area contributed by atoms with Crippen molar-refractivity contribution in [3.63, 3.8) is 0 Å². The number of thiazole rings is 1. The monoisotopic (exact) mass is 373 g/mol. The van der Waals surface area contributed by atoms with E-state index in [2.05, 4.69) is 10.3 Å². The number of amides is 2. The van der Waals surface area contributed by atoms with Crippen molar-refractivity contribution in [1.82, 2.24) is 10.3 Å². The lowest BCUT2D eigenvalue weighted by molar-refractivity contribution is -0.126. The van der Waals surface area contributed by atoms with Crippen LogP contribution >= 0.6 is 11.3 Å². The molecule has 0 spiro atoms. The molecule has 1 unspecified atom stereocenters. The molecule has 0 aliphatic carbocycles. The number of aromatic nitrogens is 1. The van der Waals surface area contributed by atoms with E-state index in [0.717, 1.165) is 16.4 Å². The first kappa shape index (κ1) is 16.8. The number of carbonyl (C=O) groups excluding carboxylic acids is 2. The van der Waals surface area contributed by atoms with E-state index in [0.29, 0.717) is 31.0 Å². The molecule has 0 radical (unpaired) electrons. The maximum Gasteiger partial charge on any atom is 0.231 e. The van der Waals surface area contributed by atoms with Gasteiger partial charge in [-0.3, -0.25) is 9.59 Å². The Kier molecular flexibility index (Phi) is 4.50. The maximum atomic E-state index is 12.4. The standard InChI is InChI=1S/C18H19N3O4S/c1-11-20-13(9-26-11)4-5-19-18(23)12-6-17(22)21(8-12)14-2-3-15-16(7-14)25-10-24-15/h2-3,7,9,12H,4-6,8,10H2,1H3,(H,19,23). The molecule has 1 N–H and O–H groups in total. The Morgan fingerprint density at radius 1 is 1.38 bits per heavy atom. The molecule has 1 fully saturated rings. The van der Waals surface area contributed by atoms with Crippen LogP contribution in [0.1, 0.15) is 17.1 Å². The smallest absolute Gasteiger partial charge is 0.231 e. The van der Waals surface area contributed by atoms with Crippen molar-refractivity contribution in [3.05, 3.63) is 34.3 Å². The highest BCUT2D eigenvalue weighted by molar-refractivity contribution is 7.09. The summed E-state index contributed by atoms with van der Waals surface area (Å²) in [5, 5.41) is 5.94. The van der Waals surface area contributed by atoms with Gasteiger partial charge >= 0.3 is 0 Å². The molecule has 136 valence electrons. The Balaban J connectivity index is 1.34. The van der Waals surface area contributed by atoms with E-state index in [1.807, 2.05) is 18.4 Å². The summed E-state index contributed by atoms with van der Waals surface area (Å²) < 4.78 is 10.7. The first-order chi connectivity index (χ1) is 12.6. The molecular formula is C18H19N3O4S. The Morgan fingerprint density at radius 3 is 3.04 bits per heavy atom. The number of aryl methyl sites for hydroxylation is 1. The first-order valence-electron chi connectivity index (χ1n) is 8.49. The largest absolute Gasteiger partial charge is 0.454 e. The zero-order chi connectivity index (χ0) is 18.1. The third-order valence-corrected chi connectivity index (χ3v) is 5.33. The molecule has 0 bridgehead atoms. The van der Waals surface area contributed by atoms with Crippen molar-refractivity contribution in [2.75, 3.05) is 24.8 Å². The summed E-state index contributed by atoms with van der Waals surface area (Å²) in [7, 11) is 0. The van der Waals surface area contributed by atoms with Gasteiger partial charge in [0.05, 0.1) is 16.6 Å². The van der Waals surface area contributed by atoms with Crippen molar-refractivity contribution in [1.29, 1.82) is 0 Å². The third-order valence-electron chi connectivity index (χ3n) is 4.51. The van der Waals surface area contributed by atoms with Crippen LogP contribution in [0, 0.1) is 12.8 Å². The van der Waals surface area contributed by atoms with Crippen molar-refractivity contribution in [3.8, 4) is 11.5 Å². The van der Waals surface area contributed by atoms with Crippen molar-refractivity contribution < 1.29 is 19.1 Å². The lowest BCUT2D eigenvalue weighted by atomic mass is 10.1. The fourth-order valence-electron chi connectivity index (χ4n) is 3.17. The SMILES string of the molecule is Cc1nc(CCNC(=O)C2CC(=O)N(c3ccc4c(c3)OCO4)C2)cs1. The molecule has 1 saturated heterocycles. The molecule has 1 aromatic heterocycles. The normalized spacial score (nSPS) is 18.4. The van der Waals surface area contributed by atoms with E-state index in [9.17, 15) is 9.59 Å². The number of hydrogen-bond donors (Lipinski definition) is 1. The highest BCUT2D eigenvalue weighted by atomic mass is 32.1. The summed E-state index contributed by atoms with van der Waals surface area (Å²) in [5.41, 5.74) is 1.71. The Labute approximate surface area is 154 Å². The Bertz CT molecular complexity index is 851. The molecule has 8 heteroatoms. The topological polar surface area (TPSA) is 80.8 Å². The van der Waals surface area contributed by atoms with E-state index in [-0.39, 0.29) is 30.9 Å². The quantitative estimate of drug-likeness (QED) is 0.866. The number of hydrogen-bond acceptors (Lipinski definition) is 6. The van der Waals surface area contributed by atoms with E-state index in [1.165, 1.54) is 0 Å². The second-order valence-corrected chi connectivity index (χ2v) is 7.40. The number of anilines is 1. The fourth-order valence-corrected chi connectivity index (χ4v) is 3.81. The predicted molar refractivity (Wildman–Crippen MR) is 96.6 cm³/mol. The minimum Gasteiger partial charge on any atom is -0.454 e.